The van der Waals surface area contributed by atoms with Gasteiger partial charge in [0.15, 0.2) is 6.29 Å². The topological polar surface area (TPSA) is 49.4 Å². The lowest BCUT2D eigenvalue weighted by Crippen LogP contribution is -2.34. The highest BCUT2D eigenvalue weighted by molar-refractivity contribution is 6.31. The molecule has 4 nitrogen and oxygen atoms in total. The molecule has 1 rings (SSSR count). The van der Waals surface area contributed by atoms with Crippen LogP contribution in [0.15, 0.2) is 18.2 Å². The van der Waals surface area contributed by atoms with Gasteiger partial charge in [0.05, 0.1) is 5.92 Å². The minimum Gasteiger partial charge on any atom is -0.373 e. The number of nitrogens with one attached hydrogen (secondary N) is 1. The Labute approximate surface area is 112 Å². The van der Waals surface area contributed by atoms with Crippen LogP contribution < -0.4 is 10.2 Å². The molecule has 0 aliphatic rings. The predicted octanol–water partition coefficient (Wildman–Crippen LogP) is 1.97. The van der Waals surface area contributed by atoms with Crippen LogP contribution in [0.4, 0.5) is 5.69 Å². The second-order valence-corrected chi connectivity index (χ2v) is 4.65. The number of aldehydes is 1. The molecule has 1 aromatic carbocycles. The summed E-state index contributed by atoms with van der Waals surface area (Å²) in [7, 11) is 3.44. The second-order valence-electron chi connectivity index (χ2n) is 4.22. The van der Waals surface area contributed by atoms with Crippen molar-refractivity contribution < 1.29 is 9.59 Å². The maximum atomic E-state index is 11.5. The number of anilines is 1. The molecule has 0 aromatic heterocycles. The van der Waals surface area contributed by atoms with Crippen molar-refractivity contribution in [2.75, 3.05) is 25.5 Å². The van der Waals surface area contributed by atoms with E-state index in [2.05, 4.69) is 5.32 Å². The van der Waals surface area contributed by atoms with E-state index in [-0.39, 0.29) is 11.8 Å². The number of carbonyl (C=O) groups excluding carboxylic acids is 2. The third-order valence-electron chi connectivity index (χ3n) is 2.77. The molecule has 0 spiro atoms. The van der Waals surface area contributed by atoms with Gasteiger partial charge in [0.1, 0.15) is 0 Å². The van der Waals surface area contributed by atoms with Gasteiger partial charge in [-0.2, -0.15) is 0 Å². The molecule has 0 radical (unpaired) electrons. The van der Waals surface area contributed by atoms with Gasteiger partial charge < -0.3 is 10.2 Å². The zero-order chi connectivity index (χ0) is 13.7. The van der Waals surface area contributed by atoms with Gasteiger partial charge in [-0.25, -0.2) is 0 Å². The fourth-order valence-electron chi connectivity index (χ4n) is 1.79. The van der Waals surface area contributed by atoms with E-state index in [1.54, 1.807) is 25.2 Å². The molecule has 0 bridgehead atoms. The SMILES string of the molecule is CNC(=O)C(C)CN(C)c1cc(Cl)ccc1C=O. The lowest BCUT2D eigenvalue weighted by molar-refractivity contribution is -0.123. The molecule has 0 fully saturated rings. The second kappa shape index (κ2) is 6.40. The Hall–Kier alpha value is -1.55. The Morgan fingerprint density at radius 3 is 2.78 bits per heavy atom. The van der Waals surface area contributed by atoms with E-state index in [0.717, 1.165) is 12.0 Å². The number of carbonyl (C=O) groups is 2. The minimum absolute atomic E-state index is 0.0310. The molecule has 1 atom stereocenters. The van der Waals surface area contributed by atoms with E-state index in [1.807, 2.05) is 18.9 Å². The van der Waals surface area contributed by atoms with Gasteiger partial charge in [0, 0.05) is 36.9 Å². The van der Waals surface area contributed by atoms with Gasteiger partial charge in [-0.1, -0.05) is 18.5 Å². The van der Waals surface area contributed by atoms with Crippen LogP contribution in [0.2, 0.25) is 5.02 Å². The zero-order valence-corrected chi connectivity index (χ0v) is 11.5. The molecule has 1 N–H and O–H groups in total. The van der Waals surface area contributed by atoms with Crippen LogP contribution in [0, 0.1) is 5.92 Å². The van der Waals surface area contributed by atoms with Crippen molar-refractivity contribution in [2.45, 2.75) is 6.92 Å². The highest BCUT2D eigenvalue weighted by atomic mass is 35.5. The van der Waals surface area contributed by atoms with E-state index in [1.165, 1.54) is 0 Å². The Morgan fingerprint density at radius 2 is 2.22 bits per heavy atom. The number of amides is 1. The van der Waals surface area contributed by atoms with Crippen molar-refractivity contribution >= 4 is 29.5 Å². The maximum absolute atomic E-state index is 11.5. The van der Waals surface area contributed by atoms with Gasteiger partial charge in [-0.05, 0) is 18.2 Å². The van der Waals surface area contributed by atoms with Crippen LogP contribution >= 0.6 is 11.6 Å². The van der Waals surface area contributed by atoms with Crippen molar-refractivity contribution in [3.8, 4) is 0 Å². The van der Waals surface area contributed by atoms with E-state index < -0.39 is 0 Å². The number of hydrogen-bond donors (Lipinski definition) is 1. The lowest BCUT2D eigenvalue weighted by Gasteiger charge is -2.24. The van der Waals surface area contributed by atoms with Crippen molar-refractivity contribution in [1.29, 1.82) is 0 Å². The molecule has 5 heteroatoms. The van der Waals surface area contributed by atoms with Crippen LogP contribution in [0.5, 0.6) is 0 Å². The summed E-state index contributed by atoms with van der Waals surface area (Å²) < 4.78 is 0. The maximum Gasteiger partial charge on any atom is 0.224 e. The molecule has 0 saturated heterocycles. The monoisotopic (exact) mass is 268 g/mol. The molecule has 0 saturated carbocycles. The Balaban J connectivity index is 2.89. The summed E-state index contributed by atoms with van der Waals surface area (Å²) in [6.07, 6.45) is 0.784. The minimum atomic E-state index is -0.168. The Morgan fingerprint density at radius 1 is 1.56 bits per heavy atom. The number of hydrogen-bond acceptors (Lipinski definition) is 3. The Bertz CT molecular complexity index is 449. The van der Waals surface area contributed by atoms with Crippen molar-refractivity contribution in [3.05, 3.63) is 28.8 Å². The first-order valence-corrected chi connectivity index (χ1v) is 6.04. The summed E-state index contributed by atoms with van der Waals surface area (Å²) in [5, 5.41) is 3.17. The normalized spacial score (nSPS) is 11.8. The first-order chi connectivity index (χ1) is 8.49. The molecular weight excluding hydrogens is 252 g/mol. The van der Waals surface area contributed by atoms with Crippen molar-refractivity contribution in [1.82, 2.24) is 5.32 Å². The molecule has 98 valence electrons. The summed E-state index contributed by atoms with van der Waals surface area (Å²) in [5.41, 5.74) is 1.29. The first-order valence-electron chi connectivity index (χ1n) is 5.67. The van der Waals surface area contributed by atoms with Crippen LogP contribution in [-0.2, 0) is 4.79 Å². The highest BCUT2D eigenvalue weighted by Crippen LogP contribution is 2.23. The molecule has 1 aromatic rings. The van der Waals surface area contributed by atoms with E-state index in [4.69, 9.17) is 11.6 Å². The smallest absolute Gasteiger partial charge is 0.224 e. The molecule has 1 unspecified atom stereocenters. The van der Waals surface area contributed by atoms with Gasteiger partial charge >= 0.3 is 0 Å². The van der Waals surface area contributed by atoms with Crippen LogP contribution in [0.3, 0.4) is 0 Å². The molecule has 18 heavy (non-hydrogen) atoms. The largest absolute Gasteiger partial charge is 0.373 e. The average Bonchev–Trinajstić information content (AvgIpc) is 2.37. The average molecular weight is 269 g/mol. The van der Waals surface area contributed by atoms with Crippen LogP contribution in [0.25, 0.3) is 0 Å². The quantitative estimate of drug-likeness (QED) is 0.831. The van der Waals surface area contributed by atoms with Gasteiger partial charge in [-0.15, -0.1) is 0 Å². The fourth-order valence-corrected chi connectivity index (χ4v) is 1.95. The third kappa shape index (κ3) is 3.47. The summed E-state index contributed by atoms with van der Waals surface area (Å²) in [5.74, 6) is -0.199. The summed E-state index contributed by atoms with van der Waals surface area (Å²) in [6.45, 7) is 2.35. The number of benzene rings is 1. The molecule has 1 amide bonds. The number of rotatable bonds is 5. The first kappa shape index (κ1) is 14.5. The number of halogens is 1. The molecule has 0 aliphatic heterocycles. The summed E-state index contributed by atoms with van der Waals surface area (Å²) >= 11 is 5.92. The summed E-state index contributed by atoms with van der Waals surface area (Å²) in [6, 6.07) is 5.07. The molecular formula is C13H17ClN2O2. The Kier molecular flexibility index (Phi) is 5.16. The predicted molar refractivity (Wildman–Crippen MR) is 73.3 cm³/mol. The third-order valence-corrected chi connectivity index (χ3v) is 3.01. The highest BCUT2D eigenvalue weighted by Gasteiger charge is 2.16. The summed E-state index contributed by atoms with van der Waals surface area (Å²) in [4.78, 5) is 24.3. The molecule has 0 aliphatic carbocycles. The van der Waals surface area contributed by atoms with Crippen LogP contribution in [0.1, 0.15) is 17.3 Å². The molecule has 0 heterocycles. The van der Waals surface area contributed by atoms with Gasteiger partial charge in [0.2, 0.25) is 5.91 Å². The lowest BCUT2D eigenvalue weighted by atomic mass is 10.1. The zero-order valence-electron chi connectivity index (χ0n) is 10.7. The number of nitrogens with zero attached hydrogens (tertiary/aromatic N) is 1. The van der Waals surface area contributed by atoms with Gasteiger partial charge in [-0.3, -0.25) is 9.59 Å². The van der Waals surface area contributed by atoms with Crippen molar-refractivity contribution in [3.63, 3.8) is 0 Å². The van der Waals surface area contributed by atoms with Crippen molar-refractivity contribution in [2.24, 2.45) is 5.92 Å². The van der Waals surface area contributed by atoms with Gasteiger partial charge in [0.25, 0.3) is 0 Å². The van der Waals surface area contributed by atoms with Crippen LogP contribution in [-0.4, -0.2) is 32.8 Å². The van der Waals surface area contributed by atoms with E-state index in [0.29, 0.717) is 17.1 Å². The van der Waals surface area contributed by atoms with E-state index >= 15 is 0 Å². The van der Waals surface area contributed by atoms with E-state index in [9.17, 15) is 9.59 Å². The standard InChI is InChI=1S/C13H17ClN2O2/c1-9(13(18)15-2)7-16(3)12-6-11(14)5-4-10(12)8-17/h4-6,8-9H,7H2,1-3H3,(H,15,18). The fraction of sp³-hybridized carbons (Fsp3) is 0.385.